The number of allylic oxidation sites excluding steroid dienone is 2. The van der Waals surface area contributed by atoms with Gasteiger partial charge in [0.2, 0.25) is 18.2 Å². The first-order valence-electron chi connectivity index (χ1n) is 12.5. The summed E-state index contributed by atoms with van der Waals surface area (Å²) < 4.78 is 0. The molecule has 0 aliphatic carbocycles. The molecular weight excluding hydrogens is 390 g/mol. The van der Waals surface area contributed by atoms with Gasteiger partial charge in [0, 0.05) is 26.1 Å². The highest BCUT2D eigenvalue weighted by Crippen LogP contribution is 2.17. The van der Waals surface area contributed by atoms with Gasteiger partial charge in [-0.05, 0) is 38.5 Å². The van der Waals surface area contributed by atoms with Crippen LogP contribution in [0.2, 0.25) is 0 Å². The average Bonchev–Trinajstić information content (AvgIpc) is 3.18. The van der Waals surface area contributed by atoms with E-state index in [-0.39, 0.29) is 17.9 Å². The minimum Gasteiger partial charge on any atom is -0.357 e. The maximum Gasteiger partial charge on any atom is 0.242 e. The number of hydrogen-bond donors (Lipinski definition) is 2. The number of amides is 3. The summed E-state index contributed by atoms with van der Waals surface area (Å²) in [7, 11) is 1.56. The number of nitrogens with zero attached hydrogens (tertiary/aromatic N) is 1. The maximum absolute atomic E-state index is 12.1. The molecule has 3 amide bonds. The molecular formula is C25H45N3O3. The van der Waals surface area contributed by atoms with Gasteiger partial charge in [-0.25, -0.2) is 0 Å². The van der Waals surface area contributed by atoms with Gasteiger partial charge in [0.05, 0.1) is 0 Å². The monoisotopic (exact) mass is 435 g/mol. The van der Waals surface area contributed by atoms with Crippen LogP contribution in [0.3, 0.4) is 0 Å². The summed E-state index contributed by atoms with van der Waals surface area (Å²) in [5.41, 5.74) is 0. The van der Waals surface area contributed by atoms with E-state index in [1.165, 1.54) is 69.1 Å². The van der Waals surface area contributed by atoms with E-state index in [4.69, 9.17) is 0 Å². The Morgan fingerprint density at radius 2 is 1.48 bits per heavy atom. The lowest BCUT2D eigenvalue weighted by Gasteiger charge is -2.17. The molecule has 1 rings (SSSR count). The van der Waals surface area contributed by atoms with Crippen LogP contribution in [0.25, 0.3) is 0 Å². The van der Waals surface area contributed by atoms with Crippen molar-refractivity contribution < 1.29 is 14.4 Å². The van der Waals surface area contributed by atoms with Gasteiger partial charge < -0.3 is 15.5 Å². The van der Waals surface area contributed by atoms with Gasteiger partial charge in [-0.2, -0.15) is 0 Å². The molecule has 1 aliphatic heterocycles. The molecule has 0 aromatic heterocycles. The van der Waals surface area contributed by atoms with Gasteiger partial charge in [0.15, 0.2) is 0 Å². The molecule has 31 heavy (non-hydrogen) atoms. The smallest absolute Gasteiger partial charge is 0.242 e. The third-order valence-corrected chi connectivity index (χ3v) is 6.05. The molecule has 0 bridgehead atoms. The topological polar surface area (TPSA) is 78.5 Å². The molecule has 0 saturated carbocycles. The van der Waals surface area contributed by atoms with Crippen molar-refractivity contribution in [3.63, 3.8) is 0 Å². The van der Waals surface area contributed by atoms with Gasteiger partial charge in [0.25, 0.3) is 0 Å². The lowest BCUT2D eigenvalue weighted by atomic mass is 10.1. The molecule has 1 aliphatic rings. The minimum absolute atomic E-state index is 0.0195. The van der Waals surface area contributed by atoms with E-state index in [1.807, 2.05) is 0 Å². The van der Waals surface area contributed by atoms with Crippen molar-refractivity contribution in [2.45, 2.75) is 115 Å². The van der Waals surface area contributed by atoms with Crippen LogP contribution in [0.4, 0.5) is 0 Å². The number of nitrogens with one attached hydrogen (secondary N) is 2. The molecule has 0 aromatic carbocycles. The first-order valence-corrected chi connectivity index (χ1v) is 12.5. The molecule has 6 nitrogen and oxygen atoms in total. The molecule has 2 N–H and O–H groups in total. The fraction of sp³-hybridized carbons (Fsp3) is 0.800. The van der Waals surface area contributed by atoms with E-state index in [9.17, 15) is 14.4 Å². The number of hydrogen-bond acceptors (Lipinski definition) is 3. The van der Waals surface area contributed by atoms with Gasteiger partial charge in [-0.3, -0.25) is 14.4 Å². The highest BCUT2D eigenvalue weighted by molar-refractivity contribution is 5.84. The van der Waals surface area contributed by atoms with Crippen LogP contribution in [0, 0.1) is 0 Å². The highest BCUT2D eigenvalue weighted by Gasteiger charge is 2.36. The zero-order valence-electron chi connectivity index (χ0n) is 19.9. The van der Waals surface area contributed by atoms with Crippen molar-refractivity contribution in [3.05, 3.63) is 12.2 Å². The Balaban J connectivity index is 1.96. The van der Waals surface area contributed by atoms with Crippen molar-refractivity contribution in [2.75, 3.05) is 13.6 Å². The molecule has 2 atom stereocenters. The molecule has 0 aromatic rings. The number of unbranched alkanes of at least 4 members (excludes halogenated alkanes) is 11. The molecule has 1 fully saturated rings. The average molecular weight is 436 g/mol. The second kappa shape index (κ2) is 17.8. The lowest BCUT2D eigenvalue weighted by Crippen LogP contribution is -2.41. The molecule has 0 spiro atoms. The summed E-state index contributed by atoms with van der Waals surface area (Å²) in [6.07, 6.45) is 22.5. The zero-order chi connectivity index (χ0) is 22.7. The Hall–Kier alpha value is -1.85. The largest absolute Gasteiger partial charge is 0.357 e. The molecule has 6 heteroatoms. The van der Waals surface area contributed by atoms with Crippen LogP contribution in [0.1, 0.15) is 103 Å². The predicted molar refractivity (Wildman–Crippen MR) is 127 cm³/mol. The molecule has 0 radical (unpaired) electrons. The van der Waals surface area contributed by atoms with Gasteiger partial charge in [-0.1, -0.05) is 70.4 Å². The Kier molecular flexibility index (Phi) is 15.6. The SMILES string of the molecule is CCCCCCCC/C=C\CCCCCCCC(=O)N[C@H]1C[C@@H](C(=O)NC)N(C=O)C1. The number of rotatable bonds is 18. The Morgan fingerprint density at radius 1 is 0.903 bits per heavy atom. The van der Waals surface area contributed by atoms with Gasteiger partial charge in [-0.15, -0.1) is 0 Å². The molecule has 0 unspecified atom stereocenters. The van der Waals surface area contributed by atoms with Gasteiger partial charge >= 0.3 is 0 Å². The van der Waals surface area contributed by atoms with Crippen molar-refractivity contribution >= 4 is 18.2 Å². The molecule has 1 heterocycles. The Morgan fingerprint density at radius 3 is 2.06 bits per heavy atom. The summed E-state index contributed by atoms with van der Waals surface area (Å²) in [5.74, 6) is -0.160. The predicted octanol–water partition coefficient (Wildman–Crippen LogP) is 4.49. The van der Waals surface area contributed by atoms with E-state index in [0.29, 0.717) is 25.8 Å². The molecule has 178 valence electrons. The quantitative estimate of drug-likeness (QED) is 0.189. The van der Waals surface area contributed by atoms with Crippen LogP contribution >= 0.6 is 0 Å². The summed E-state index contributed by atoms with van der Waals surface area (Å²) in [6.45, 7) is 2.66. The van der Waals surface area contributed by atoms with Crippen LogP contribution in [-0.4, -0.2) is 48.8 Å². The first kappa shape index (κ1) is 27.2. The van der Waals surface area contributed by atoms with Crippen molar-refractivity contribution in [1.82, 2.24) is 15.5 Å². The Bertz CT molecular complexity index is 536. The first-order chi connectivity index (χ1) is 15.1. The number of likely N-dealkylation sites (tertiary alicyclic amines) is 1. The summed E-state index contributed by atoms with van der Waals surface area (Å²) in [4.78, 5) is 36.6. The molecule has 1 saturated heterocycles. The summed E-state index contributed by atoms with van der Waals surface area (Å²) >= 11 is 0. The third-order valence-electron chi connectivity index (χ3n) is 6.05. The van der Waals surface area contributed by atoms with Crippen molar-refractivity contribution in [1.29, 1.82) is 0 Å². The van der Waals surface area contributed by atoms with Gasteiger partial charge in [0.1, 0.15) is 6.04 Å². The summed E-state index contributed by atoms with van der Waals surface area (Å²) in [6, 6.07) is -0.615. The van der Waals surface area contributed by atoms with E-state index >= 15 is 0 Å². The number of carbonyl (C=O) groups is 3. The lowest BCUT2D eigenvalue weighted by molar-refractivity contribution is -0.130. The maximum atomic E-state index is 12.1. The van der Waals surface area contributed by atoms with E-state index in [1.54, 1.807) is 7.05 Å². The highest BCUT2D eigenvalue weighted by atomic mass is 16.2. The van der Waals surface area contributed by atoms with Crippen LogP contribution in [0.5, 0.6) is 0 Å². The second-order valence-electron chi connectivity index (χ2n) is 8.77. The summed E-state index contributed by atoms with van der Waals surface area (Å²) in [5, 5.41) is 5.55. The van der Waals surface area contributed by atoms with Crippen LogP contribution < -0.4 is 10.6 Å². The normalized spacial score (nSPS) is 18.5. The van der Waals surface area contributed by atoms with Crippen LogP contribution in [0.15, 0.2) is 12.2 Å². The van der Waals surface area contributed by atoms with E-state index in [0.717, 1.165) is 19.3 Å². The van der Waals surface area contributed by atoms with E-state index in [2.05, 4.69) is 29.7 Å². The zero-order valence-corrected chi connectivity index (χ0v) is 19.9. The van der Waals surface area contributed by atoms with E-state index < -0.39 is 6.04 Å². The van der Waals surface area contributed by atoms with Crippen molar-refractivity contribution in [3.8, 4) is 0 Å². The number of carbonyl (C=O) groups excluding carboxylic acids is 3. The fourth-order valence-electron chi connectivity index (χ4n) is 4.16. The van der Waals surface area contributed by atoms with Crippen LogP contribution in [-0.2, 0) is 14.4 Å². The minimum atomic E-state index is -0.479. The fourth-order valence-corrected chi connectivity index (χ4v) is 4.16. The number of likely N-dealkylation sites (N-methyl/N-ethyl adjacent to an activating group) is 1. The third kappa shape index (κ3) is 12.6. The Labute approximate surface area is 189 Å². The standard InChI is InChI=1S/C25H45N3O3/c1-3-4-5-6-7-8-9-10-11-12-13-14-15-16-17-18-24(30)27-22-19-23(25(31)26-2)28(20-22)21-29/h10-11,21-23H,3-9,12-20H2,1-2H3,(H,26,31)(H,27,30)/b11-10-/t22-,23-/m0/s1. The van der Waals surface area contributed by atoms with Crippen molar-refractivity contribution in [2.24, 2.45) is 0 Å². The second-order valence-corrected chi connectivity index (χ2v) is 8.77.